The summed E-state index contributed by atoms with van der Waals surface area (Å²) in [7, 11) is 0. The van der Waals surface area contributed by atoms with Crippen LogP contribution in [0.4, 0.5) is 0 Å². The number of aliphatic hydroxyl groups is 9. The molecule has 6 heterocycles. The van der Waals surface area contributed by atoms with E-state index < -0.39 is 184 Å². The van der Waals surface area contributed by atoms with E-state index in [1.54, 1.807) is 20.8 Å². The van der Waals surface area contributed by atoms with Gasteiger partial charge in [0, 0.05) is 17.6 Å². The molecule has 6 fully saturated rings. The third-order valence-electron chi connectivity index (χ3n) is 16.2. The van der Waals surface area contributed by atoms with Crippen LogP contribution in [-0.4, -0.2) is 230 Å². The quantitative estimate of drug-likeness (QED) is 0.0482. The highest BCUT2D eigenvalue weighted by Crippen LogP contribution is 2.38. The van der Waals surface area contributed by atoms with E-state index in [0.717, 1.165) is 51.4 Å². The Labute approximate surface area is 474 Å². The molecule has 26 atom stereocenters. The highest BCUT2D eigenvalue weighted by molar-refractivity contribution is 5.88. The topological polar surface area (TPSA) is 353 Å². The van der Waals surface area contributed by atoms with Gasteiger partial charge in [0.1, 0.15) is 67.1 Å². The lowest BCUT2D eigenvalue weighted by molar-refractivity contribution is -0.398. The number of hydrogen-bond acceptors (Lipinski definition) is 25. The Hall–Kier alpha value is -2.87. The number of ether oxygens (including phenoxy) is 13. The molecule has 0 saturated carbocycles. The van der Waals surface area contributed by atoms with Gasteiger partial charge in [0.25, 0.3) is 0 Å². The van der Waals surface area contributed by atoms with E-state index in [9.17, 15) is 60.3 Å². The summed E-state index contributed by atoms with van der Waals surface area (Å²) < 4.78 is 81.0. The van der Waals surface area contributed by atoms with Gasteiger partial charge in [-0.1, -0.05) is 76.9 Å². The molecule has 466 valence electrons. The average Bonchev–Trinajstić information content (AvgIpc) is 3.49. The van der Waals surface area contributed by atoms with Gasteiger partial charge in [-0.25, -0.2) is 9.59 Å². The molecular formula is C56H92O25. The van der Waals surface area contributed by atoms with Gasteiger partial charge in [0.15, 0.2) is 62.0 Å². The Bertz CT molecular complexity index is 2030. The van der Waals surface area contributed by atoms with Gasteiger partial charge in [0.05, 0.1) is 37.1 Å². The number of rotatable bonds is 15. The first-order valence-electron chi connectivity index (χ1n) is 29.0. The number of allylic oxidation sites excluding steroid dienone is 2. The van der Waals surface area contributed by atoms with E-state index in [4.69, 9.17) is 61.6 Å². The first kappa shape index (κ1) is 67.3. The summed E-state index contributed by atoms with van der Waals surface area (Å²) in [6.45, 7) is 13.3. The predicted octanol–water partition coefficient (Wildman–Crippen LogP) is 1.27. The van der Waals surface area contributed by atoms with Crippen molar-refractivity contribution < 1.29 is 122 Å². The lowest BCUT2D eigenvalue weighted by Gasteiger charge is -2.50. The van der Waals surface area contributed by atoms with Crippen LogP contribution in [0.3, 0.4) is 0 Å². The summed E-state index contributed by atoms with van der Waals surface area (Å²) in [4.78, 5) is 40.8. The van der Waals surface area contributed by atoms with Gasteiger partial charge in [-0.2, -0.15) is 0 Å². The summed E-state index contributed by atoms with van der Waals surface area (Å²) in [5.41, 5.74) is 0.268. The number of carbonyl (C=O) groups is 3. The molecule has 0 amide bonds. The zero-order valence-electron chi connectivity index (χ0n) is 48.1. The van der Waals surface area contributed by atoms with Gasteiger partial charge < -0.3 is 108 Å². The molecule has 0 aromatic rings. The second-order valence-corrected chi connectivity index (χ2v) is 22.3. The van der Waals surface area contributed by atoms with E-state index in [0.29, 0.717) is 25.7 Å². The summed E-state index contributed by atoms with van der Waals surface area (Å²) in [5, 5.41) is 102. The van der Waals surface area contributed by atoms with Crippen molar-refractivity contribution >= 4 is 17.9 Å². The van der Waals surface area contributed by atoms with Crippen molar-refractivity contribution in [2.75, 3.05) is 6.61 Å². The molecule has 0 radical (unpaired) electrons. The van der Waals surface area contributed by atoms with Crippen molar-refractivity contribution in [3.05, 3.63) is 23.3 Å². The van der Waals surface area contributed by atoms with Gasteiger partial charge >= 0.3 is 17.9 Å². The number of carbonyl (C=O) groups excluding carboxylic acids is 3. The predicted molar refractivity (Wildman–Crippen MR) is 280 cm³/mol. The lowest BCUT2D eigenvalue weighted by Crippen LogP contribution is -2.67. The zero-order chi connectivity index (χ0) is 59.4. The maximum Gasteiger partial charge on any atom is 0.333 e. The first-order valence-corrected chi connectivity index (χ1v) is 29.0. The van der Waals surface area contributed by atoms with Crippen LogP contribution in [0.5, 0.6) is 0 Å². The molecule has 6 aliphatic rings. The standard InChI is InChI=1S/C56H92O25/c1-10-13-19-22-32-23-20-17-15-14-16-18-21-24-34(57)76-45-39(62)33(25-69-53-48(80-52-43(66)40(63)35(58)28(6)70-52)44(38(61)31(9)71-53)77-50(67)26(4)11-2)75-56(79-47-42(65)37(60)29(7)72-54(47)74-32)49(45)81-55-46(78-51(68)27(5)12-3)41(64)36(59)30(8)73-55/h11-12,28-33,35-49,52-56,58-66H,10,13-25H2,1-9H3/b26-11+,27-12+/t28-,29+,30-,31+,32-,33+,35-,36-,37+,38+,39+,40+,41+,42-,43+,44-,45-,46+,47+,48+,49+,52-,53+,54-,55-,56-/m0/s1. The van der Waals surface area contributed by atoms with Crippen molar-refractivity contribution in [1.82, 2.24) is 0 Å². The van der Waals surface area contributed by atoms with Crippen molar-refractivity contribution in [2.24, 2.45) is 0 Å². The molecule has 9 N–H and O–H groups in total. The number of hydrogen-bond donors (Lipinski definition) is 9. The van der Waals surface area contributed by atoms with Crippen molar-refractivity contribution in [1.29, 1.82) is 0 Å². The van der Waals surface area contributed by atoms with Gasteiger partial charge in [-0.15, -0.1) is 0 Å². The van der Waals surface area contributed by atoms with Gasteiger partial charge in [0.2, 0.25) is 0 Å². The normalized spacial score (nSPS) is 43.9. The Morgan fingerprint density at radius 3 is 1.70 bits per heavy atom. The summed E-state index contributed by atoms with van der Waals surface area (Å²) >= 11 is 0. The first-order chi connectivity index (χ1) is 38.5. The van der Waals surface area contributed by atoms with Crippen LogP contribution >= 0.6 is 0 Å². The van der Waals surface area contributed by atoms with Crippen LogP contribution in [0.1, 0.15) is 146 Å². The molecule has 0 aromatic heterocycles. The van der Waals surface area contributed by atoms with Crippen LogP contribution in [-0.2, 0) is 76.0 Å². The summed E-state index contributed by atoms with van der Waals surface area (Å²) in [6.07, 6.45) is -28.7. The lowest BCUT2D eigenvalue weighted by atomic mass is 9.96. The molecule has 6 saturated heterocycles. The molecule has 6 rings (SSSR count). The van der Waals surface area contributed by atoms with E-state index in [-0.39, 0.29) is 17.6 Å². The molecule has 25 nitrogen and oxygen atoms in total. The fourth-order valence-corrected chi connectivity index (χ4v) is 10.6. The third-order valence-corrected chi connectivity index (χ3v) is 16.2. The molecule has 25 heteroatoms. The van der Waals surface area contributed by atoms with E-state index in [2.05, 4.69) is 6.92 Å². The number of esters is 3. The van der Waals surface area contributed by atoms with Crippen LogP contribution in [0.15, 0.2) is 23.3 Å². The molecule has 0 spiro atoms. The van der Waals surface area contributed by atoms with E-state index in [1.807, 2.05) is 0 Å². The Balaban J connectivity index is 1.44. The molecule has 2 bridgehead atoms. The van der Waals surface area contributed by atoms with Crippen LogP contribution in [0.2, 0.25) is 0 Å². The van der Waals surface area contributed by atoms with Crippen molar-refractivity contribution in [3.8, 4) is 0 Å². The Morgan fingerprint density at radius 2 is 1.06 bits per heavy atom. The largest absolute Gasteiger partial charge is 0.456 e. The third kappa shape index (κ3) is 17.2. The minimum absolute atomic E-state index is 0.121. The van der Waals surface area contributed by atoms with Crippen molar-refractivity contribution in [3.63, 3.8) is 0 Å². The highest BCUT2D eigenvalue weighted by atomic mass is 16.8. The monoisotopic (exact) mass is 1160 g/mol. The van der Waals surface area contributed by atoms with Gasteiger partial charge in [-0.3, -0.25) is 4.79 Å². The zero-order valence-corrected chi connectivity index (χ0v) is 48.1. The second kappa shape index (κ2) is 31.5. The Kier molecular flexibility index (Phi) is 26.2. The maximum absolute atomic E-state index is 14.1. The van der Waals surface area contributed by atoms with Crippen LogP contribution in [0.25, 0.3) is 0 Å². The maximum atomic E-state index is 14.1. The highest BCUT2D eigenvalue weighted by Gasteiger charge is 2.58. The summed E-state index contributed by atoms with van der Waals surface area (Å²) in [6, 6.07) is 0. The molecule has 6 aliphatic heterocycles. The number of unbranched alkanes of at least 4 members (excludes halogenated alkanes) is 2. The fourth-order valence-electron chi connectivity index (χ4n) is 10.6. The van der Waals surface area contributed by atoms with E-state index in [1.165, 1.54) is 46.8 Å². The molecule has 81 heavy (non-hydrogen) atoms. The molecule has 0 unspecified atom stereocenters. The van der Waals surface area contributed by atoms with Gasteiger partial charge in [-0.05, 0) is 74.7 Å². The molecule has 0 aliphatic carbocycles. The number of fused-ring (bicyclic) bond motifs is 3. The van der Waals surface area contributed by atoms with E-state index >= 15 is 0 Å². The van der Waals surface area contributed by atoms with Crippen LogP contribution in [0, 0.1) is 0 Å². The minimum Gasteiger partial charge on any atom is -0.456 e. The smallest absolute Gasteiger partial charge is 0.333 e. The molecular weight excluding hydrogens is 1070 g/mol. The minimum atomic E-state index is -1.96. The second-order valence-electron chi connectivity index (χ2n) is 22.3. The fraction of sp³-hybridized carbons (Fsp3) is 0.875. The van der Waals surface area contributed by atoms with Crippen LogP contribution < -0.4 is 0 Å². The average molecular weight is 1170 g/mol. The Morgan fingerprint density at radius 1 is 0.519 bits per heavy atom. The van der Waals surface area contributed by atoms with Crippen molar-refractivity contribution in [2.45, 2.75) is 305 Å². The summed E-state index contributed by atoms with van der Waals surface area (Å²) in [5.74, 6) is -2.58. The number of aliphatic hydroxyl groups excluding tert-OH is 9. The molecule has 0 aromatic carbocycles. The SMILES string of the molecule is C/C=C(\C)C(=O)O[C@H]1[C@H](O[C@H]2[C@@H]3O[C@H]4[C@H](O[C@@H](CCCCC)CCCCCCCCCC(=O)O[C@H]2[C@H](O)[C@@H](CO[C@@H]2O[C@H](C)[C@@H](O)[C@H](OC(=O)/C(C)=C/C)[C@H]2O[C@@H]2O[C@@H](C)[C@H](O)[C@@H](O)[C@H]2O)O3)O[C@H](C)[C@@H](O)[C@@H]4O)O[C@@H](C)[C@H](O)[C@H]1O.